The maximum absolute atomic E-state index is 12.2. The molecule has 0 atom stereocenters. The largest absolute Gasteiger partial charge is 0.465 e. The Hall–Kier alpha value is -1.93. The van der Waals surface area contributed by atoms with Crippen LogP contribution in [0.15, 0.2) is 11.4 Å². The molecule has 7 nitrogen and oxygen atoms in total. The molecular formula is C16H23N3O4S. The highest BCUT2D eigenvalue weighted by Gasteiger charge is 2.24. The monoisotopic (exact) mass is 353 g/mol. The summed E-state index contributed by atoms with van der Waals surface area (Å²) in [7, 11) is 1.31. The molecule has 1 aliphatic heterocycles. The van der Waals surface area contributed by atoms with Gasteiger partial charge in [0.05, 0.1) is 19.3 Å². The maximum Gasteiger partial charge on any atom is 0.350 e. The zero-order valence-electron chi connectivity index (χ0n) is 14.2. The van der Waals surface area contributed by atoms with Crippen molar-refractivity contribution >= 4 is 34.8 Å². The van der Waals surface area contributed by atoms with E-state index in [-0.39, 0.29) is 24.3 Å². The third kappa shape index (κ3) is 4.55. The summed E-state index contributed by atoms with van der Waals surface area (Å²) in [6, 6.07) is 1.69. The topological polar surface area (TPSA) is 79.0 Å². The van der Waals surface area contributed by atoms with E-state index in [1.807, 2.05) is 23.6 Å². The molecule has 2 heterocycles. The fraction of sp³-hybridized carbons (Fsp3) is 0.562. The van der Waals surface area contributed by atoms with Crippen molar-refractivity contribution in [2.45, 2.75) is 13.8 Å². The predicted octanol–water partition coefficient (Wildman–Crippen LogP) is 1.27. The van der Waals surface area contributed by atoms with Gasteiger partial charge in [-0.15, -0.1) is 11.3 Å². The van der Waals surface area contributed by atoms with Gasteiger partial charge in [0.1, 0.15) is 4.88 Å². The molecule has 0 aromatic carbocycles. The minimum Gasteiger partial charge on any atom is -0.465 e. The van der Waals surface area contributed by atoms with Crippen LogP contribution < -0.4 is 5.32 Å². The summed E-state index contributed by atoms with van der Waals surface area (Å²) in [5.74, 6) is -0.487. The number of ether oxygens (including phenoxy) is 1. The van der Waals surface area contributed by atoms with E-state index in [4.69, 9.17) is 4.74 Å². The van der Waals surface area contributed by atoms with E-state index in [1.54, 1.807) is 11.4 Å². The van der Waals surface area contributed by atoms with E-state index in [1.165, 1.54) is 18.4 Å². The molecule has 1 N–H and O–H groups in total. The molecule has 0 bridgehead atoms. The number of carbonyl (C=O) groups excluding carboxylic acids is 3. The Bertz CT molecular complexity index is 606. The van der Waals surface area contributed by atoms with Crippen molar-refractivity contribution in [1.29, 1.82) is 0 Å². The molecule has 2 rings (SSSR count). The number of nitrogens with one attached hydrogen (secondary N) is 1. The van der Waals surface area contributed by atoms with Gasteiger partial charge in [0.15, 0.2) is 0 Å². The highest BCUT2D eigenvalue weighted by Crippen LogP contribution is 2.23. The molecule has 0 radical (unpaired) electrons. The van der Waals surface area contributed by atoms with Gasteiger partial charge >= 0.3 is 5.97 Å². The van der Waals surface area contributed by atoms with Crippen molar-refractivity contribution in [2.24, 2.45) is 5.92 Å². The summed E-state index contributed by atoms with van der Waals surface area (Å²) >= 11 is 1.23. The highest BCUT2D eigenvalue weighted by molar-refractivity contribution is 7.12. The van der Waals surface area contributed by atoms with E-state index in [0.29, 0.717) is 36.7 Å². The van der Waals surface area contributed by atoms with Crippen molar-refractivity contribution in [2.75, 3.05) is 45.2 Å². The second-order valence-electron chi connectivity index (χ2n) is 5.96. The van der Waals surface area contributed by atoms with Gasteiger partial charge in [0.25, 0.3) is 0 Å². The Balaban J connectivity index is 1.83. The average molecular weight is 353 g/mol. The SMILES string of the molecule is COC(=O)c1sccc1NC(=O)CN1CCN(C(=O)C(C)C)CC1. The zero-order valence-corrected chi connectivity index (χ0v) is 15.0. The second kappa shape index (κ2) is 8.25. The van der Waals surface area contributed by atoms with Gasteiger partial charge in [-0.3, -0.25) is 14.5 Å². The van der Waals surface area contributed by atoms with Gasteiger partial charge in [-0.05, 0) is 11.4 Å². The minimum atomic E-state index is -0.457. The van der Waals surface area contributed by atoms with Crippen LogP contribution in [0.25, 0.3) is 0 Å². The van der Waals surface area contributed by atoms with E-state index >= 15 is 0 Å². The summed E-state index contributed by atoms with van der Waals surface area (Å²) < 4.78 is 4.69. The summed E-state index contributed by atoms with van der Waals surface area (Å²) in [5, 5.41) is 4.49. The number of methoxy groups -OCH3 is 1. The van der Waals surface area contributed by atoms with Crippen molar-refractivity contribution in [1.82, 2.24) is 9.80 Å². The third-order valence-electron chi connectivity index (χ3n) is 3.86. The lowest BCUT2D eigenvalue weighted by Crippen LogP contribution is -2.51. The summed E-state index contributed by atoms with van der Waals surface area (Å²) in [5.41, 5.74) is 0.477. The molecule has 1 fully saturated rings. The summed E-state index contributed by atoms with van der Waals surface area (Å²) in [6.45, 7) is 6.62. The molecule has 0 spiro atoms. The molecular weight excluding hydrogens is 330 g/mol. The number of carbonyl (C=O) groups is 3. The van der Waals surface area contributed by atoms with Crippen LogP contribution in [-0.4, -0.2) is 67.4 Å². The molecule has 0 unspecified atom stereocenters. The smallest absolute Gasteiger partial charge is 0.350 e. The zero-order chi connectivity index (χ0) is 17.7. The van der Waals surface area contributed by atoms with Crippen LogP contribution in [0.1, 0.15) is 23.5 Å². The first-order chi connectivity index (χ1) is 11.4. The standard InChI is InChI=1S/C16H23N3O4S/c1-11(2)15(21)19-7-5-18(6-8-19)10-13(20)17-12-4-9-24-14(12)16(22)23-3/h4,9,11H,5-8,10H2,1-3H3,(H,17,20). The van der Waals surface area contributed by atoms with Gasteiger partial charge in [0.2, 0.25) is 11.8 Å². The van der Waals surface area contributed by atoms with Gasteiger partial charge < -0.3 is 15.0 Å². The quantitative estimate of drug-likeness (QED) is 0.807. The first-order valence-corrected chi connectivity index (χ1v) is 8.77. The Morgan fingerprint density at radius 2 is 1.92 bits per heavy atom. The Morgan fingerprint density at radius 1 is 1.25 bits per heavy atom. The highest BCUT2D eigenvalue weighted by atomic mass is 32.1. The number of hydrogen-bond acceptors (Lipinski definition) is 6. The molecule has 2 amide bonds. The van der Waals surface area contributed by atoms with Crippen LogP contribution in [0.4, 0.5) is 5.69 Å². The fourth-order valence-electron chi connectivity index (χ4n) is 2.54. The normalized spacial score (nSPS) is 15.4. The van der Waals surface area contributed by atoms with Gasteiger partial charge in [-0.2, -0.15) is 0 Å². The van der Waals surface area contributed by atoms with Crippen molar-refractivity contribution in [3.63, 3.8) is 0 Å². The van der Waals surface area contributed by atoms with Gasteiger partial charge in [-0.1, -0.05) is 13.8 Å². The van der Waals surface area contributed by atoms with Crippen molar-refractivity contribution < 1.29 is 19.1 Å². The predicted molar refractivity (Wildman–Crippen MR) is 92.1 cm³/mol. The van der Waals surface area contributed by atoms with Crippen LogP contribution in [-0.2, 0) is 14.3 Å². The van der Waals surface area contributed by atoms with Crippen LogP contribution in [0.5, 0.6) is 0 Å². The number of amides is 2. The maximum atomic E-state index is 12.2. The lowest BCUT2D eigenvalue weighted by atomic mass is 10.1. The minimum absolute atomic E-state index is 0.00446. The Morgan fingerprint density at radius 3 is 2.50 bits per heavy atom. The summed E-state index contributed by atoms with van der Waals surface area (Å²) in [4.78, 5) is 40.0. The average Bonchev–Trinajstić information content (AvgIpc) is 3.02. The summed E-state index contributed by atoms with van der Waals surface area (Å²) in [6.07, 6.45) is 0. The lowest BCUT2D eigenvalue weighted by Gasteiger charge is -2.35. The molecule has 1 saturated heterocycles. The fourth-order valence-corrected chi connectivity index (χ4v) is 3.31. The molecule has 24 heavy (non-hydrogen) atoms. The number of anilines is 1. The van der Waals surface area contributed by atoms with Gasteiger partial charge in [0, 0.05) is 32.1 Å². The number of esters is 1. The number of hydrogen-bond donors (Lipinski definition) is 1. The van der Waals surface area contributed by atoms with Crippen LogP contribution in [0.2, 0.25) is 0 Å². The lowest BCUT2D eigenvalue weighted by molar-refractivity contribution is -0.136. The van der Waals surface area contributed by atoms with E-state index in [9.17, 15) is 14.4 Å². The van der Waals surface area contributed by atoms with E-state index in [2.05, 4.69) is 5.32 Å². The third-order valence-corrected chi connectivity index (χ3v) is 4.75. The number of piperazine rings is 1. The molecule has 1 aromatic rings. The molecule has 8 heteroatoms. The molecule has 132 valence electrons. The second-order valence-corrected chi connectivity index (χ2v) is 6.88. The molecule has 1 aromatic heterocycles. The Labute approximate surface area is 145 Å². The number of nitrogens with zero attached hydrogens (tertiary/aromatic N) is 2. The number of rotatable bonds is 5. The van der Waals surface area contributed by atoms with Crippen LogP contribution in [0, 0.1) is 5.92 Å². The van der Waals surface area contributed by atoms with Crippen molar-refractivity contribution in [3.8, 4) is 0 Å². The van der Waals surface area contributed by atoms with Gasteiger partial charge in [-0.25, -0.2) is 4.79 Å². The first-order valence-electron chi connectivity index (χ1n) is 7.89. The van der Waals surface area contributed by atoms with Crippen LogP contribution in [0.3, 0.4) is 0 Å². The van der Waals surface area contributed by atoms with Crippen LogP contribution >= 0.6 is 11.3 Å². The molecule has 1 aliphatic rings. The first kappa shape index (κ1) is 18.4. The van der Waals surface area contributed by atoms with Crippen molar-refractivity contribution in [3.05, 3.63) is 16.3 Å². The van der Waals surface area contributed by atoms with E-state index < -0.39 is 5.97 Å². The molecule has 0 aliphatic carbocycles. The Kier molecular flexibility index (Phi) is 6.33. The molecule has 0 saturated carbocycles. The number of thiophene rings is 1. The van der Waals surface area contributed by atoms with E-state index in [0.717, 1.165) is 0 Å².